The summed E-state index contributed by atoms with van der Waals surface area (Å²) in [6, 6.07) is 14.0. The first-order chi connectivity index (χ1) is 22.1. The minimum Gasteiger partial charge on any atom is -0.475 e. The molecule has 3 atom stereocenters. The zero-order valence-electron chi connectivity index (χ0n) is 26.0. The number of halogens is 5. The molecule has 2 aliphatic rings. The van der Waals surface area contributed by atoms with E-state index in [1.807, 2.05) is 37.3 Å². The van der Waals surface area contributed by atoms with Crippen LogP contribution in [-0.4, -0.2) is 82.4 Å². The largest absolute Gasteiger partial charge is 0.490 e. The minimum absolute atomic E-state index is 0.0502. The van der Waals surface area contributed by atoms with Gasteiger partial charge in [-0.1, -0.05) is 48.0 Å². The monoisotopic (exact) mass is 678 g/mol. The lowest BCUT2D eigenvalue weighted by molar-refractivity contribution is -0.192. The molecule has 0 radical (unpaired) electrons. The van der Waals surface area contributed by atoms with Crippen LogP contribution in [0.25, 0.3) is 0 Å². The van der Waals surface area contributed by atoms with Crippen molar-refractivity contribution in [3.8, 4) is 0 Å². The summed E-state index contributed by atoms with van der Waals surface area (Å²) in [7, 11) is 0. The maximum atomic E-state index is 14.3. The van der Waals surface area contributed by atoms with E-state index in [1.165, 1.54) is 19.1 Å². The van der Waals surface area contributed by atoms with Gasteiger partial charge in [0.2, 0.25) is 0 Å². The lowest BCUT2D eigenvalue weighted by Gasteiger charge is -2.25. The van der Waals surface area contributed by atoms with Crippen LogP contribution in [0.15, 0.2) is 48.5 Å². The van der Waals surface area contributed by atoms with Gasteiger partial charge in [0.25, 0.3) is 11.8 Å². The van der Waals surface area contributed by atoms with Crippen molar-refractivity contribution >= 4 is 35.2 Å². The van der Waals surface area contributed by atoms with Gasteiger partial charge in [0.05, 0.1) is 27.9 Å². The van der Waals surface area contributed by atoms with Gasteiger partial charge in [-0.2, -0.15) is 13.2 Å². The number of fused-ring (bicyclic) bond motifs is 1. The molecule has 14 heteroatoms. The molecule has 1 aromatic heterocycles. The first kappa shape index (κ1) is 35.6. The van der Waals surface area contributed by atoms with Gasteiger partial charge < -0.3 is 25.2 Å². The third-order valence-electron chi connectivity index (χ3n) is 8.53. The summed E-state index contributed by atoms with van der Waals surface area (Å²) in [5, 5.41) is 10.5. The Morgan fingerprint density at radius 2 is 1.57 bits per heavy atom. The van der Waals surface area contributed by atoms with Gasteiger partial charge in [-0.25, -0.2) is 9.18 Å². The minimum atomic E-state index is -5.08. The number of amides is 2. The molecule has 0 aliphatic carbocycles. The zero-order chi connectivity index (χ0) is 34.6. The molecular weight excluding hydrogens is 644 g/mol. The van der Waals surface area contributed by atoms with Crippen LogP contribution < -0.4 is 5.32 Å². The van der Waals surface area contributed by atoms with Crippen molar-refractivity contribution in [1.29, 1.82) is 0 Å². The number of carbonyl (C=O) groups excluding carboxylic acids is 3. The summed E-state index contributed by atoms with van der Waals surface area (Å²) >= 11 is 6.13. The molecule has 3 heterocycles. The Hall–Kier alpha value is -4.23. The molecule has 2 saturated heterocycles. The molecule has 47 heavy (non-hydrogen) atoms. The number of hydrogen-bond donors (Lipinski definition) is 3. The summed E-state index contributed by atoms with van der Waals surface area (Å²) in [5.74, 6) is -3.37. The second-order valence-electron chi connectivity index (χ2n) is 11.8. The predicted molar refractivity (Wildman–Crippen MR) is 166 cm³/mol. The highest BCUT2D eigenvalue weighted by Gasteiger charge is 2.42. The lowest BCUT2D eigenvalue weighted by Crippen LogP contribution is -2.35. The third-order valence-corrected chi connectivity index (χ3v) is 8.84. The van der Waals surface area contributed by atoms with E-state index in [0.29, 0.717) is 53.9 Å². The predicted octanol–water partition coefficient (Wildman–Crippen LogP) is 5.83. The normalized spacial score (nSPS) is 18.3. The Labute approximate surface area is 273 Å². The van der Waals surface area contributed by atoms with Gasteiger partial charge in [0.15, 0.2) is 5.78 Å². The SMILES string of the molecule is CC(=O)c1[nH]c(C)c(C(=O)N[C@@H](CCN2CC3CN(C(=O)c4c(F)cccc4Cl)CC3C2)c2ccccc2)c1C.O=C(O)C(F)(F)F. The summed E-state index contributed by atoms with van der Waals surface area (Å²) in [6.07, 6.45) is -4.37. The van der Waals surface area contributed by atoms with Gasteiger partial charge in [-0.3, -0.25) is 14.4 Å². The van der Waals surface area contributed by atoms with E-state index >= 15 is 0 Å². The number of alkyl halides is 3. The number of carboxylic acid groups (broad SMARTS) is 1. The van der Waals surface area contributed by atoms with E-state index in [2.05, 4.69) is 15.2 Å². The number of aromatic nitrogens is 1. The molecule has 3 aromatic rings. The Kier molecular flexibility index (Phi) is 11.1. The van der Waals surface area contributed by atoms with E-state index in [1.54, 1.807) is 17.9 Å². The number of ketones is 1. The smallest absolute Gasteiger partial charge is 0.475 e. The zero-order valence-corrected chi connectivity index (χ0v) is 26.7. The van der Waals surface area contributed by atoms with Crippen LogP contribution in [0.1, 0.15) is 67.4 Å². The van der Waals surface area contributed by atoms with E-state index in [4.69, 9.17) is 21.5 Å². The highest BCUT2D eigenvalue weighted by molar-refractivity contribution is 6.33. The number of likely N-dealkylation sites (tertiary alicyclic amines) is 2. The molecule has 0 bridgehead atoms. The van der Waals surface area contributed by atoms with E-state index in [-0.39, 0.29) is 34.2 Å². The molecule has 2 fully saturated rings. The highest BCUT2D eigenvalue weighted by atomic mass is 35.5. The highest BCUT2D eigenvalue weighted by Crippen LogP contribution is 2.34. The van der Waals surface area contributed by atoms with Gasteiger partial charge >= 0.3 is 12.1 Å². The maximum Gasteiger partial charge on any atom is 0.490 e. The molecule has 5 rings (SSSR count). The molecule has 2 amide bonds. The average Bonchev–Trinajstić information content (AvgIpc) is 3.66. The van der Waals surface area contributed by atoms with Gasteiger partial charge in [0.1, 0.15) is 5.82 Å². The van der Waals surface area contributed by atoms with Crippen molar-refractivity contribution in [3.63, 3.8) is 0 Å². The van der Waals surface area contributed by atoms with Crippen LogP contribution in [0.3, 0.4) is 0 Å². The van der Waals surface area contributed by atoms with Gasteiger partial charge in [0, 0.05) is 45.3 Å². The van der Waals surface area contributed by atoms with Crippen LogP contribution in [0, 0.1) is 31.5 Å². The van der Waals surface area contributed by atoms with E-state index < -0.39 is 18.0 Å². The van der Waals surface area contributed by atoms with Gasteiger partial charge in [-0.05, 0) is 55.4 Å². The number of carbonyl (C=O) groups is 4. The third kappa shape index (κ3) is 8.38. The summed E-state index contributed by atoms with van der Waals surface area (Å²) in [5.41, 5.74) is 3.29. The molecular formula is C33H35ClF4N4O5. The standard InChI is InChI=1S/C31H34ClFN4O3.C2HF3O2/c1-18-27(19(2)34-29(18)20(3)38)30(39)35-26(21-8-5-4-6-9-21)12-13-36-14-22-16-37(17-23(22)15-36)31(40)28-24(32)10-7-11-25(28)33;3-2(4,5)1(6)7/h4-11,22-23,26,34H,12-17H2,1-3H3,(H,35,39);(H,6,7)/t22?,23?,26-;/m0./s1. The van der Waals surface area contributed by atoms with Crippen LogP contribution in [0.4, 0.5) is 17.6 Å². The maximum absolute atomic E-state index is 14.3. The number of hydrogen-bond acceptors (Lipinski definition) is 5. The second kappa shape index (κ2) is 14.7. The van der Waals surface area contributed by atoms with Crippen LogP contribution >= 0.6 is 11.6 Å². The van der Waals surface area contributed by atoms with Crippen molar-refractivity contribution in [2.24, 2.45) is 11.8 Å². The molecule has 9 nitrogen and oxygen atoms in total. The van der Waals surface area contributed by atoms with Crippen molar-refractivity contribution in [2.75, 3.05) is 32.7 Å². The molecule has 3 N–H and O–H groups in total. The van der Waals surface area contributed by atoms with Crippen LogP contribution in [0.5, 0.6) is 0 Å². The van der Waals surface area contributed by atoms with E-state index in [0.717, 1.165) is 25.2 Å². The van der Waals surface area contributed by atoms with Gasteiger partial charge in [-0.15, -0.1) is 0 Å². The number of rotatable bonds is 8. The molecule has 2 aromatic carbocycles. The molecule has 0 saturated carbocycles. The number of nitrogens with zero attached hydrogens (tertiary/aromatic N) is 2. The topological polar surface area (TPSA) is 123 Å². The second-order valence-corrected chi connectivity index (χ2v) is 12.2. The van der Waals surface area contributed by atoms with Crippen molar-refractivity contribution in [1.82, 2.24) is 20.1 Å². The molecule has 2 unspecified atom stereocenters. The fourth-order valence-electron chi connectivity index (χ4n) is 6.29. The Bertz CT molecular complexity index is 1610. The molecule has 252 valence electrons. The quantitative estimate of drug-likeness (QED) is 0.204. The first-order valence-corrected chi connectivity index (χ1v) is 15.3. The Morgan fingerprint density at radius 1 is 0.979 bits per heavy atom. The molecule has 0 spiro atoms. The van der Waals surface area contributed by atoms with E-state index in [9.17, 15) is 31.9 Å². The number of H-pyrrole nitrogens is 1. The Morgan fingerprint density at radius 3 is 2.09 bits per heavy atom. The number of carboxylic acids is 1. The summed E-state index contributed by atoms with van der Waals surface area (Å²) < 4.78 is 46.1. The average molecular weight is 679 g/mol. The van der Waals surface area contributed by atoms with Crippen molar-refractivity contribution < 1.29 is 41.8 Å². The fraction of sp³-hybridized carbons (Fsp3) is 0.394. The number of aryl methyl sites for hydroxylation is 1. The van der Waals surface area contributed by atoms with Crippen molar-refractivity contribution in [3.05, 3.63) is 93.0 Å². The Balaban J connectivity index is 0.000000644. The lowest BCUT2D eigenvalue weighted by atomic mass is 10.0. The van der Waals surface area contributed by atoms with Crippen LogP contribution in [0.2, 0.25) is 5.02 Å². The number of benzene rings is 2. The number of aliphatic carboxylic acids is 1. The first-order valence-electron chi connectivity index (χ1n) is 14.9. The number of Topliss-reactive ketones (excluding diaryl/α,β-unsaturated/α-hetero) is 1. The fourth-order valence-corrected chi connectivity index (χ4v) is 6.54. The molecule has 2 aliphatic heterocycles. The number of aromatic amines is 1. The van der Waals surface area contributed by atoms with Crippen molar-refractivity contribution in [2.45, 2.75) is 39.4 Å². The van der Waals surface area contributed by atoms with Crippen LogP contribution in [-0.2, 0) is 4.79 Å². The summed E-state index contributed by atoms with van der Waals surface area (Å²) in [6.45, 7) is 8.71. The summed E-state index contributed by atoms with van der Waals surface area (Å²) in [4.78, 5) is 54.4. The number of nitrogens with one attached hydrogen (secondary N) is 2.